The highest BCUT2D eigenvalue weighted by molar-refractivity contribution is 8.16. The van der Waals surface area contributed by atoms with E-state index in [1.807, 2.05) is 68.4 Å². The third kappa shape index (κ3) is 2.86. The molecule has 2 aliphatic heterocycles. The molecule has 0 fully saturated rings. The Balaban J connectivity index is 1.66. The van der Waals surface area contributed by atoms with Crippen molar-refractivity contribution < 1.29 is 9.59 Å². The lowest BCUT2D eigenvalue weighted by molar-refractivity contribution is -0.131. The van der Waals surface area contributed by atoms with Crippen molar-refractivity contribution in [2.24, 2.45) is 5.10 Å². The molecular formula is C21H22N4O2S. The van der Waals surface area contributed by atoms with Crippen LogP contribution in [0.5, 0.6) is 0 Å². The maximum absolute atomic E-state index is 13.5. The number of para-hydroxylation sites is 1. The van der Waals surface area contributed by atoms with Crippen LogP contribution in [0.25, 0.3) is 0 Å². The molecule has 2 aromatic carbocycles. The van der Waals surface area contributed by atoms with Crippen molar-refractivity contribution in [3.8, 4) is 0 Å². The highest BCUT2D eigenvalue weighted by atomic mass is 32.2. The fraction of sp³-hybridized carbons (Fsp3) is 0.286. The number of rotatable bonds is 5. The number of thioether (sulfide) groups is 1. The second kappa shape index (κ2) is 7.31. The van der Waals surface area contributed by atoms with Gasteiger partial charge in [0.1, 0.15) is 11.6 Å². The summed E-state index contributed by atoms with van der Waals surface area (Å²) in [6.07, 6.45) is 0. The number of hydrazone groups is 1. The summed E-state index contributed by atoms with van der Waals surface area (Å²) in [5.41, 5.74) is 5.64. The van der Waals surface area contributed by atoms with Crippen LogP contribution in [-0.4, -0.2) is 41.4 Å². The first kappa shape index (κ1) is 18.6. The number of likely N-dealkylation sites (N-methyl/N-ethyl adjacent to an activating group) is 1. The molecule has 0 aliphatic carbocycles. The van der Waals surface area contributed by atoms with E-state index in [9.17, 15) is 9.59 Å². The Morgan fingerprint density at radius 2 is 1.79 bits per heavy atom. The second-order valence-electron chi connectivity index (χ2n) is 6.65. The summed E-state index contributed by atoms with van der Waals surface area (Å²) in [7, 11) is 0. The molecular weight excluding hydrogens is 372 g/mol. The molecule has 1 spiro atoms. The second-order valence-corrected chi connectivity index (χ2v) is 7.86. The summed E-state index contributed by atoms with van der Waals surface area (Å²) in [6.45, 7) is 5.16. The minimum atomic E-state index is -1.02. The van der Waals surface area contributed by atoms with Gasteiger partial charge < -0.3 is 4.90 Å². The van der Waals surface area contributed by atoms with Crippen LogP contribution in [0.15, 0.2) is 59.7 Å². The molecule has 2 amide bonds. The van der Waals surface area contributed by atoms with E-state index in [0.29, 0.717) is 13.1 Å². The quantitative estimate of drug-likeness (QED) is 0.847. The molecule has 2 heterocycles. The Morgan fingerprint density at radius 3 is 2.50 bits per heavy atom. The van der Waals surface area contributed by atoms with Crippen molar-refractivity contribution in [3.63, 3.8) is 0 Å². The van der Waals surface area contributed by atoms with Crippen molar-refractivity contribution in [2.75, 3.05) is 24.5 Å². The third-order valence-electron chi connectivity index (χ3n) is 5.12. The molecule has 4 rings (SSSR count). The first-order valence-corrected chi connectivity index (χ1v) is 10.2. The van der Waals surface area contributed by atoms with Crippen molar-refractivity contribution in [1.29, 1.82) is 0 Å². The molecule has 2 aliphatic rings. The molecule has 0 saturated carbocycles. The number of nitrogens with zero attached hydrogens (tertiary/aromatic N) is 3. The molecule has 0 bridgehead atoms. The van der Waals surface area contributed by atoms with Gasteiger partial charge in [-0.25, -0.2) is 0 Å². The molecule has 6 nitrogen and oxygen atoms in total. The first-order chi connectivity index (χ1) is 13.6. The number of carbonyl (C=O) groups excluding carboxylic acids is 2. The van der Waals surface area contributed by atoms with Crippen LogP contribution in [0.3, 0.4) is 0 Å². The van der Waals surface area contributed by atoms with Crippen molar-refractivity contribution in [1.82, 2.24) is 10.3 Å². The fourth-order valence-electron chi connectivity index (χ4n) is 3.62. The highest BCUT2D eigenvalue weighted by Gasteiger charge is 2.55. The predicted molar refractivity (Wildman–Crippen MR) is 112 cm³/mol. The largest absolute Gasteiger partial charge is 0.342 e. The van der Waals surface area contributed by atoms with E-state index in [1.165, 1.54) is 11.8 Å². The van der Waals surface area contributed by atoms with E-state index in [1.54, 1.807) is 9.80 Å². The van der Waals surface area contributed by atoms with Gasteiger partial charge in [0, 0.05) is 24.2 Å². The van der Waals surface area contributed by atoms with Crippen LogP contribution >= 0.6 is 11.8 Å². The van der Waals surface area contributed by atoms with E-state index in [4.69, 9.17) is 0 Å². The van der Waals surface area contributed by atoms with Crippen LogP contribution in [0, 0.1) is 0 Å². The van der Waals surface area contributed by atoms with Crippen LogP contribution in [0.2, 0.25) is 0 Å². The molecule has 0 unspecified atom stereocenters. The van der Waals surface area contributed by atoms with E-state index >= 15 is 0 Å². The molecule has 1 N–H and O–H groups in total. The number of amides is 2. The number of nitrogens with one attached hydrogen (secondary N) is 1. The van der Waals surface area contributed by atoms with Gasteiger partial charge >= 0.3 is 0 Å². The summed E-state index contributed by atoms with van der Waals surface area (Å²) in [5, 5.41) is 5.22. The molecule has 144 valence electrons. The van der Waals surface area contributed by atoms with Gasteiger partial charge in [0.25, 0.3) is 5.91 Å². The highest BCUT2D eigenvalue weighted by Crippen LogP contribution is 2.50. The van der Waals surface area contributed by atoms with Gasteiger partial charge in [-0.1, -0.05) is 60.3 Å². The van der Waals surface area contributed by atoms with E-state index in [0.717, 1.165) is 21.9 Å². The van der Waals surface area contributed by atoms with Gasteiger partial charge in [-0.15, -0.1) is 0 Å². The first-order valence-electron chi connectivity index (χ1n) is 9.39. The SMILES string of the molecule is CCN(CC)C(=O)CN1C(=O)[C@@]2(NN=C(c3ccccc3)S2)c2ccccc21. The van der Waals surface area contributed by atoms with E-state index in [2.05, 4.69) is 10.5 Å². The average Bonchev–Trinajstić information content (AvgIpc) is 3.27. The molecule has 28 heavy (non-hydrogen) atoms. The van der Waals surface area contributed by atoms with E-state index in [-0.39, 0.29) is 18.4 Å². The van der Waals surface area contributed by atoms with Gasteiger partial charge in [-0.05, 0) is 19.9 Å². The lowest BCUT2D eigenvalue weighted by Gasteiger charge is -2.25. The monoisotopic (exact) mass is 394 g/mol. The zero-order valence-electron chi connectivity index (χ0n) is 15.9. The smallest absolute Gasteiger partial charge is 0.270 e. The summed E-state index contributed by atoms with van der Waals surface area (Å²) in [6, 6.07) is 17.4. The maximum atomic E-state index is 13.5. The number of hydrogen-bond donors (Lipinski definition) is 1. The summed E-state index contributed by atoms with van der Waals surface area (Å²) >= 11 is 1.40. The number of fused-ring (bicyclic) bond motifs is 2. The topological polar surface area (TPSA) is 65.0 Å². The van der Waals surface area contributed by atoms with Crippen LogP contribution < -0.4 is 10.3 Å². The van der Waals surface area contributed by atoms with Gasteiger partial charge in [-0.3, -0.25) is 19.9 Å². The van der Waals surface area contributed by atoms with E-state index < -0.39 is 4.87 Å². The van der Waals surface area contributed by atoms with Crippen LogP contribution in [0.4, 0.5) is 5.69 Å². The Bertz CT molecular complexity index is 942. The summed E-state index contributed by atoms with van der Waals surface area (Å²) in [5.74, 6) is -0.216. The van der Waals surface area contributed by atoms with Gasteiger partial charge in [-0.2, -0.15) is 5.10 Å². The number of carbonyl (C=O) groups is 2. The summed E-state index contributed by atoms with van der Waals surface area (Å²) in [4.78, 5) is 28.5. The molecule has 2 aromatic rings. The number of hydrogen-bond acceptors (Lipinski definition) is 5. The predicted octanol–water partition coefficient (Wildman–Crippen LogP) is 2.75. The normalized spacial score (nSPS) is 20.1. The standard InChI is InChI=1S/C21H22N4O2S/c1-3-24(4-2)18(26)14-25-17-13-9-8-12-16(17)21(20(25)27)23-22-19(28-21)15-10-6-5-7-11-15/h5-13,23H,3-4,14H2,1-2H3/t21-/m1/s1. The Labute approximate surface area is 168 Å². The number of benzene rings is 2. The van der Waals surface area contributed by atoms with Gasteiger partial charge in [0.15, 0.2) is 0 Å². The van der Waals surface area contributed by atoms with Crippen molar-refractivity contribution >= 4 is 34.3 Å². The Morgan fingerprint density at radius 1 is 1.11 bits per heavy atom. The number of anilines is 1. The molecule has 0 saturated heterocycles. The van der Waals surface area contributed by atoms with Gasteiger partial charge in [0.05, 0.1) is 5.69 Å². The third-order valence-corrected chi connectivity index (χ3v) is 6.43. The average molecular weight is 395 g/mol. The van der Waals surface area contributed by atoms with Crippen LogP contribution in [0.1, 0.15) is 25.0 Å². The van der Waals surface area contributed by atoms with Gasteiger partial charge in [0.2, 0.25) is 10.8 Å². The molecule has 7 heteroatoms. The van der Waals surface area contributed by atoms with Crippen molar-refractivity contribution in [3.05, 3.63) is 65.7 Å². The van der Waals surface area contributed by atoms with Crippen LogP contribution in [-0.2, 0) is 14.5 Å². The zero-order valence-corrected chi connectivity index (χ0v) is 16.7. The maximum Gasteiger partial charge on any atom is 0.270 e. The zero-order chi connectivity index (χ0) is 19.7. The Hall–Kier alpha value is -2.80. The minimum absolute atomic E-state index is 0.0299. The molecule has 0 radical (unpaired) electrons. The van der Waals surface area contributed by atoms with Crippen molar-refractivity contribution in [2.45, 2.75) is 18.7 Å². The fourth-order valence-corrected chi connectivity index (χ4v) is 4.83. The minimum Gasteiger partial charge on any atom is -0.342 e. The summed E-state index contributed by atoms with van der Waals surface area (Å²) < 4.78 is 0. The lowest BCUT2D eigenvalue weighted by atomic mass is 10.1. The molecule has 1 atom stereocenters. The molecule has 0 aromatic heterocycles. The Kier molecular flexibility index (Phi) is 4.85. The lowest BCUT2D eigenvalue weighted by Crippen LogP contribution is -2.48.